The predicted molar refractivity (Wildman–Crippen MR) is 78.4 cm³/mol. The van der Waals surface area contributed by atoms with Gasteiger partial charge in [0, 0.05) is 0 Å². The summed E-state index contributed by atoms with van der Waals surface area (Å²) >= 11 is 0. The van der Waals surface area contributed by atoms with Crippen molar-refractivity contribution >= 4 is 17.8 Å². The molecule has 1 atom stereocenters. The molecule has 1 aliphatic rings. The fraction of sp³-hybridized carbons (Fsp3) is 0.400. The Kier molecular flexibility index (Phi) is 4.77. The van der Waals surface area contributed by atoms with E-state index < -0.39 is 23.4 Å². The lowest BCUT2D eigenvalue weighted by atomic mass is 9.87. The summed E-state index contributed by atoms with van der Waals surface area (Å²) in [7, 11) is 0. The van der Waals surface area contributed by atoms with Crippen LogP contribution in [0.2, 0.25) is 0 Å². The molecule has 2 N–H and O–H groups in total. The largest absolute Gasteiger partial charge is 0.325 e. The number of imide groups is 1. The molecular formula is C15H19N3O4. The number of rotatable bonds is 6. The molecule has 0 saturated carbocycles. The molecule has 2 rings (SSSR count). The third kappa shape index (κ3) is 2.80. The van der Waals surface area contributed by atoms with Gasteiger partial charge in [0.05, 0.1) is 6.61 Å². The van der Waals surface area contributed by atoms with Crippen molar-refractivity contribution < 1.29 is 19.2 Å². The van der Waals surface area contributed by atoms with Crippen molar-refractivity contribution in [3.05, 3.63) is 35.9 Å². The molecule has 0 spiro atoms. The average Bonchev–Trinajstić information content (AvgIpc) is 2.79. The van der Waals surface area contributed by atoms with Gasteiger partial charge in [-0.2, -0.15) is 0 Å². The molecule has 1 unspecified atom stereocenters. The van der Waals surface area contributed by atoms with Crippen molar-refractivity contribution in [1.82, 2.24) is 15.7 Å². The Balaban J connectivity index is 2.22. The molecule has 7 nitrogen and oxygen atoms in total. The fourth-order valence-corrected chi connectivity index (χ4v) is 2.46. The monoisotopic (exact) mass is 305 g/mol. The van der Waals surface area contributed by atoms with Gasteiger partial charge in [-0.25, -0.2) is 10.3 Å². The predicted octanol–water partition coefficient (Wildman–Crippen LogP) is 0.911. The lowest BCUT2D eigenvalue weighted by molar-refractivity contribution is -0.140. The summed E-state index contributed by atoms with van der Waals surface area (Å²) in [4.78, 5) is 42.2. The van der Waals surface area contributed by atoms with E-state index in [1.54, 1.807) is 31.2 Å². The molecule has 1 heterocycles. The van der Waals surface area contributed by atoms with Gasteiger partial charge in [-0.3, -0.25) is 19.3 Å². The number of nitrogens with one attached hydrogen (secondary N) is 2. The summed E-state index contributed by atoms with van der Waals surface area (Å²) in [5, 5.41) is 2.71. The minimum atomic E-state index is -1.12. The van der Waals surface area contributed by atoms with E-state index in [9.17, 15) is 14.4 Å². The maximum Gasteiger partial charge on any atom is 0.325 e. The van der Waals surface area contributed by atoms with E-state index >= 15 is 0 Å². The van der Waals surface area contributed by atoms with Crippen LogP contribution in [0.15, 0.2) is 30.3 Å². The summed E-state index contributed by atoms with van der Waals surface area (Å²) in [6, 6.07) is 8.42. The second-order valence-electron chi connectivity index (χ2n) is 4.90. The SMILES string of the molecule is CCONC(=O)CN1C(=O)NC(CC)(c2ccccc2)C1=O. The van der Waals surface area contributed by atoms with Crippen molar-refractivity contribution in [2.24, 2.45) is 0 Å². The van der Waals surface area contributed by atoms with Gasteiger partial charge in [0.1, 0.15) is 12.1 Å². The van der Waals surface area contributed by atoms with Gasteiger partial charge >= 0.3 is 6.03 Å². The van der Waals surface area contributed by atoms with Crippen molar-refractivity contribution in [3.8, 4) is 0 Å². The van der Waals surface area contributed by atoms with E-state index in [2.05, 4.69) is 10.8 Å². The highest BCUT2D eigenvalue weighted by molar-refractivity contribution is 6.09. The first-order valence-corrected chi connectivity index (χ1v) is 7.15. The number of hydrogen-bond acceptors (Lipinski definition) is 4. The molecule has 4 amide bonds. The molecule has 0 aromatic heterocycles. The van der Waals surface area contributed by atoms with Gasteiger partial charge in [0.25, 0.3) is 11.8 Å². The number of carbonyl (C=O) groups excluding carboxylic acids is 3. The highest BCUT2D eigenvalue weighted by Gasteiger charge is 2.51. The topological polar surface area (TPSA) is 87.7 Å². The van der Waals surface area contributed by atoms with Crippen LogP contribution in [0.1, 0.15) is 25.8 Å². The van der Waals surface area contributed by atoms with E-state index in [0.29, 0.717) is 18.6 Å². The smallest absolute Gasteiger partial charge is 0.319 e. The minimum absolute atomic E-state index is 0.300. The molecule has 0 aliphatic carbocycles. The van der Waals surface area contributed by atoms with Crippen LogP contribution < -0.4 is 10.8 Å². The molecular weight excluding hydrogens is 286 g/mol. The highest BCUT2D eigenvalue weighted by atomic mass is 16.6. The minimum Gasteiger partial charge on any atom is -0.319 e. The van der Waals surface area contributed by atoms with Crippen LogP contribution in [0, 0.1) is 0 Å². The molecule has 1 aromatic rings. The van der Waals surface area contributed by atoms with Crippen molar-refractivity contribution in [2.75, 3.05) is 13.2 Å². The zero-order valence-electron chi connectivity index (χ0n) is 12.6. The van der Waals surface area contributed by atoms with Gasteiger partial charge in [0.2, 0.25) is 0 Å². The molecule has 1 fully saturated rings. The highest BCUT2D eigenvalue weighted by Crippen LogP contribution is 2.32. The van der Waals surface area contributed by atoms with E-state index in [1.807, 2.05) is 13.0 Å². The van der Waals surface area contributed by atoms with Crippen LogP contribution in [-0.4, -0.2) is 35.9 Å². The molecule has 0 radical (unpaired) electrons. The Hall–Kier alpha value is -2.41. The van der Waals surface area contributed by atoms with Crippen LogP contribution in [-0.2, 0) is 20.0 Å². The van der Waals surface area contributed by atoms with E-state index in [1.165, 1.54) is 0 Å². The Labute approximate surface area is 128 Å². The van der Waals surface area contributed by atoms with E-state index in [0.717, 1.165) is 4.90 Å². The number of hydroxylamine groups is 1. The van der Waals surface area contributed by atoms with E-state index in [4.69, 9.17) is 4.84 Å². The van der Waals surface area contributed by atoms with Crippen molar-refractivity contribution in [2.45, 2.75) is 25.8 Å². The van der Waals surface area contributed by atoms with Gasteiger partial charge in [-0.1, -0.05) is 37.3 Å². The number of carbonyl (C=O) groups is 3. The van der Waals surface area contributed by atoms with Crippen LogP contribution in [0.4, 0.5) is 4.79 Å². The third-order valence-corrected chi connectivity index (χ3v) is 3.60. The molecule has 118 valence electrons. The molecule has 22 heavy (non-hydrogen) atoms. The summed E-state index contributed by atoms with van der Waals surface area (Å²) in [5.41, 5.74) is 1.75. The quantitative estimate of drug-likeness (QED) is 0.604. The maximum absolute atomic E-state index is 12.7. The summed E-state index contributed by atoms with van der Waals surface area (Å²) < 4.78 is 0. The first-order valence-electron chi connectivity index (χ1n) is 7.15. The standard InChI is InChI=1S/C15H19N3O4/c1-3-15(11-8-6-5-7-9-11)13(20)18(14(21)16-15)10-12(19)17-22-4-2/h5-9H,3-4,10H2,1-2H3,(H,16,21)(H,17,19). The van der Waals surface area contributed by atoms with Gasteiger partial charge in [0.15, 0.2) is 0 Å². The molecule has 7 heteroatoms. The molecule has 1 aliphatic heterocycles. The Morgan fingerprint density at radius 1 is 1.27 bits per heavy atom. The summed E-state index contributed by atoms with van der Waals surface area (Å²) in [6.07, 6.45) is 0.394. The average molecular weight is 305 g/mol. The fourth-order valence-electron chi connectivity index (χ4n) is 2.46. The number of nitrogens with zero attached hydrogens (tertiary/aromatic N) is 1. The lowest BCUT2D eigenvalue weighted by Gasteiger charge is -2.25. The number of amides is 4. The van der Waals surface area contributed by atoms with Gasteiger partial charge in [-0.15, -0.1) is 0 Å². The Morgan fingerprint density at radius 3 is 2.55 bits per heavy atom. The summed E-state index contributed by atoms with van der Waals surface area (Å²) in [6.45, 7) is 3.45. The lowest BCUT2D eigenvalue weighted by Crippen LogP contribution is -2.44. The van der Waals surface area contributed by atoms with Gasteiger partial charge < -0.3 is 5.32 Å². The number of urea groups is 1. The molecule has 1 aromatic carbocycles. The van der Waals surface area contributed by atoms with E-state index in [-0.39, 0.29) is 6.54 Å². The number of hydrogen-bond donors (Lipinski definition) is 2. The molecule has 1 saturated heterocycles. The third-order valence-electron chi connectivity index (χ3n) is 3.60. The van der Waals surface area contributed by atoms with Crippen LogP contribution >= 0.6 is 0 Å². The first kappa shape index (κ1) is 16.0. The van der Waals surface area contributed by atoms with Crippen molar-refractivity contribution in [3.63, 3.8) is 0 Å². The second kappa shape index (κ2) is 6.57. The first-order chi connectivity index (χ1) is 10.5. The summed E-state index contributed by atoms with van der Waals surface area (Å²) in [5.74, 6) is -0.983. The van der Waals surface area contributed by atoms with Crippen LogP contribution in [0.25, 0.3) is 0 Å². The zero-order valence-corrected chi connectivity index (χ0v) is 12.6. The Morgan fingerprint density at radius 2 is 1.95 bits per heavy atom. The normalized spacial score (nSPS) is 20.9. The maximum atomic E-state index is 12.7. The zero-order chi connectivity index (χ0) is 16.2. The Bertz CT molecular complexity index is 575. The second-order valence-corrected chi connectivity index (χ2v) is 4.90. The molecule has 0 bridgehead atoms. The van der Waals surface area contributed by atoms with Crippen molar-refractivity contribution in [1.29, 1.82) is 0 Å². The van der Waals surface area contributed by atoms with Crippen LogP contribution in [0.5, 0.6) is 0 Å². The van der Waals surface area contributed by atoms with Crippen LogP contribution in [0.3, 0.4) is 0 Å². The van der Waals surface area contributed by atoms with Gasteiger partial charge in [-0.05, 0) is 18.9 Å². The number of benzene rings is 1.